The summed E-state index contributed by atoms with van der Waals surface area (Å²) in [6.45, 7) is 13.9. The first-order valence-electron chi connectivity index (χ1n) is 11.5. The molecule has 0 aromatic carbocycles. The van der Waals surface area contributed by atoms with Gasteiger partial charge in [0.1, 0.15) is 6.04 Å². The summed E-state index contributed by atoms with van der Waals surface area (Å²) in [7, 11) is 0. The Bertz CT molecular complexity index is 771. The van der Waals surface area contributed by atoms with Gasteiger partial charge in [-0.25, -0.2) is 0 Å². The molecule has 8 heteroatoms. The van der Waals surface area contributed by atoms with Crippen LogP contribution in [0.1, 0.15) is 40.0 Å². The lowest BCUT2D eigenvalue weighted by molar-refractivity contribution is -0.154. The number of allylic oxidation sites excluding steroid dienone is 1. The minimum Gasteiger partial charge on any atom is -0.465 e. The number of carbonyl (C=O) groups is 3. The van der Waals surface area contributed by atoms with Gasteiger partial charge in [-0.2, -0.15) is 0 Å². The number of aliphatic hydroxyl groups excluding tert-OH is 1. The molecule has 3 rings (SSSR count). The minimum absolute atomic E-state index is 0.0377. The van der Waals surface area contributed by atoms with E-state index in [4.69, 9.17) is 4.74 Å². The number of nitrogens with zero attached hydrogens (tertiary/aromatic N) is 2. The number of fused-ring (bicyclic) bond motifs is 1. The molecule has 0 aromatic heterocycles. The average molecular weight is 465 g/mol. The van der Waals surface area contributed by atoms with Crippen molar-refractivity contribution in [3.63, 3.8) is 0 Å². The van der Waals surface area contributed by atoms with E-state index in [9.17, 15) is 19.5 Å². The number of rotatable bonds is 11. The molecule has 0 aromatic rings. The maximum Gasteiger partial charge on any atom is 0.310 e. The van der Waals surface area contributed by atoms with Crippen LogP contribution in [0.5, 0.6) is 0 Å². The Hall–Kier alpha value is -1.80. The number of ether oxygens (including phenoxy) is 1. The van der Waals surface area contributed by atoms with Gasteiger partial charge in [0.05, 0.1) is 29.8 Å². The van der Waals surface area contributed by atoms with Gasteiger partial charge in [0, 0.05) is 24.4 Å². The van der Waals surface area contributed by atoms with Crippen LogP contribution in [0.25, 0.3) is 0 Å². The maximum absolute atomic E-state index is 13.9. The molecule has 3 saturated heterocycles. The molecule has 32 heavy (non-hydrogen) atoms. The zero-order valence-electron chi connectivity index (χ0n) is 19.4. The smallest absolute Gasteiger partial charge is 0.310 e. The molecule has 3 heterocycles. The van der Waals surface area contributed by atoms with Gasteiger partial charge in [0.15, 0.2) is 0 Å². The van der Waals surface area contributed by atoms with Crippen LogP contribution in [0.15, 0.2) is 25.3 Å². The number of amides is 2. The van der Waals surface area contributed by atoms with Crippen molar-refractivity contribution in [3.05, 3.63) is 25.3 Å². The SMILES string of the molecule is C=CCCCOC(=O)[C@@H]1[C@H]2C(=O)N(CCO)C(C(=O)N(CC=C)C(C)C)C23S[C@@H]1CC3C. The molecule has 2 amide bonds. The van der Waals surface area contributed by atoms with Crippen LogP contribution < -0.4 is 0 Å². The molecule has 178 valence electrons. The van der Waals surface area contributed by atoms with Crippen molar-refractivity contribution in [2.45, 2.75) is 62.1 Å². The molecular formula is C24H36N2O5S. The van der Waals surface area contributed by atoms with E-state index in [2.05, 4.69) is 20.1 Å². The fraction of sp³-hybridized carbons (Fsp3) is 0.708. The van der Waals surface area contributed by atoms with E-state index in [1.165, 1.54) is 4.90 Å². The molecule has 0 saturated carbocycles. The predicted octanol–water partition coefficient (Wildman–Crippen LogP) is 2.25. The fourth-order valence-corrected chi connectivity index (χ4v) is 8.17. The van der Waals surface area contributed by atoms with E-state index in [1.54, 1.807) is 28.8 Å². The third kappa shape index (κ3) is 3.89. The van der Waals surface area contributed by atoms with Gasteiger partial charge in [-0.05, 0) is 39.0 Å². The van der Waals surface area contributed by atoms with Crippen molar-refractivity contribution in [3.8, 4) is 0 Å². The Kier molecular flexibility index (Phi) is 7.76. The predicted molar refractivity (Wildman–Crippen MR) is 125 cm³/mol. The third-order valence-electron chi connectivity index (χ3n) is 7.12. The van der Waals surface area contributed by atoms with Gasteiger partial charge in [-0.3, -0.25) is 14.4 Å². The minimum atomic E-state index is -0.710. The molecule has 1 spiro atoms. The Labute approximate surface area is 195 Å². The summed E-state index contributed by atoms with van der Waals surface area (Å²) in [5.41, 5.74) is 0. The van der Waals surface area contributed by atoms with Crippen LogP contribution in [0.2, 0.25) is 0 Å². The highest BCUT2D eigenvalue weighted by Crippen LogP contribution is 2.68. The molecule has 3 fully saturated rings. The highest BCUT2D eigenvalue weighted by atomic mass is 32.2. The third-order valence-corrected chi connectivity index (χ3v) is 9.20. The second-order valence-electron chi connectivity index (χ2n) is 9.28. The van der Waals surface area contributed by atoms with Crippen molar-refractivity contribution in [2.24, 2.45) is 17.8 Å². The number of likely N-dealkylation sites (tertiary alicyclic amines) is 1. The average Bonchev–Trinajstić information content (AvgIpc) is 3.33. The molecule has 7 nitrogen and oxygen atoms in total. The monoisotopic (exact) mass is 464 g/mol. The number of carbonyl (C=O) groups excluding carboxylic acids is 3. The van der Waals surface area contributed by atoms with Crippen molar-refractivity contribution in [1.82, 2.24) is 9.80 Å². The van der Waals surface area contributed by atoms with Crippen LogP contribution in [0.3, 0.4) is 0 Å². The van der Waals surface area contributed by atoms with E-state index in [-0.39, 0.29) is 48.1 Å². The van der Waals surface area contributed by atoms with Gasteiger partial charge >= 0.3 is 5.97 Å². The summed E-state index contributed by atoms with van der Waals surface area (Å²) in [6.07, 6.45) is 5.69. The standard InChI is InChI=1S/C24H36N2O5S/c1-6-8-9-13-31-23(30)18-17-14-16(5)24(32-17)19(18)21(28)26(11-12-27)20(24)22(29)25(10-7-2)15(3)4/h6-7,15-20,27H,1-2,8-14H2,3-5H3/t16?,17-,18+,19+,20?,24?/m1/s1. The van der Waals surface area contributed by atoms with Gasteiger partial charge in [0.25, 0.3) is 0 Å². The second-order valence-corrected chi connectivity index (χ2v) is 10.8. The maximum atomic E-state index is 13.9. The number of aliphatic hydroxyl groups is 1. The van der Waals surface area contributed by atoms with Gasteiger partial charge < -0.3 is 19.6 Å². The summed E-state index contributed by atoms with van der Waals surface area (Å²) in [5.74, 6) is -1.77. The van der Waals surface area contributed by atoms with Crippen LogP contribution in [-0.4, -0.2) is 81.1 Å². The summed E-state index contributed by atoms with van der Waals surface area (Å²) in [6, 6.07) is -0.773. The lowest BCUT2D eigenvalue weighted by Crippen LogP contribution is -2.58. The van der Waals surface area contributed by atoms with Crippen LogP contribution >= 0.6 is 11.8 Å². The number of β-amino-alcohol motifs (C(OH)–C–C–N with tert-alkyl or cyclic N) is 1. The number of hydrogen-bond donors (Lipinski definition) is 1. The second kappa shape index (κ2) is 10.00. The molecule has 3 aliphatic rings. The van der Waals surface area contributed by atoms with Gasteiger partial charge in [-0.1, -0.05) is 19.1 Å². The Morgan fingerprint density at radius 3 is 2.69 bits per heavy atom. The number of esters is 1. The largest absolute Gasteiger partial charge is 0.465 e. The Balaban J connectivity index is 1.97. The topological polar surface area (TPSA) is 87.1 Å². The van der Waals surface area contributed by atoms with E-state index >= 15 is 0 Å². The Morgan fingerprint density at radius 2 is 2.09 bits per heavy atom. The lowest BCUT2D eigenvalue weighted by atomic mass is 9.66. The fourth-order valence-electron chi connectivity index (χ4n) is 5.76. The molecule has 3 unspecified atom stereocenters. The molecule has 0 aliphatic carbocycles. The van der Waals surface area contributed by atoms with Crippen molar-refractivity contribution < 1.29 is 24.2 Å². The number of thioether (sulfide) groups is 1. The van der Waals surface area contributed by atoms with Crippen LogP contribution in [0, 0.1) is 17.8 Å². The molecule has 0 radical (unpaired) electrons. The number of hydrogen-bond acceptors (Lipinski definition) is 6. The quantitative estimate of drug-likeness (QED) is 0.287. The first-order chi connectivity index (χ1) is 15.3. The zero-order chi connectivity index (χ0) is 23.6. The summed E-state index contributed by atoms with van der Waals surface area (Å²) < 4.78 is 4.87. The van der Waals surface area contributed by atoms with E-state index in [0.29, 0.717) is 19.6 Å². The normalized spacial score (nSPS) is 32.8. The highest BCUT2D eigenvalue weighted by molar-refractivity contribution is 8.02. The van der Waals surface area contributed by atoms with Crippen molar-refractivity contribution >= 4 is 29.5 Å². The van der Waals surface area contributed by atoms with E-state index in [0.717, 1.165) is 12.8 Å². The molecule has 3 aliphatic heterocycles. The summed E-state index contributed by atoms with van der Waals surface area (Å²) >= 11 is 1.62. The first kappa shape index (κ1) is 24.8. The lowest BCUT2D eigenvalue weighted by Gasteiger charge is -2.41. The van der Waals surface area contributed by atoms with E-state index < -0.39 is 22.6 Å². The van der Waals surface area contributed by atoms with Gasteiger partial charge in [-0.15, -0.1) is 24.9 Å². The Morgan fingerprint density at radius 1 is 1.38 bits per heavy atom. The summed E-state index contributed by atoms with van der Waals surface area (Å²) in [4.78, 5) is 43.9. The van der Waals surface area contributed by atoms with E-state index in [1.807, 2.05) is 13.8 Å². The first-order valence-corrected chi connectivity index (χ1v) is 12.4. The highest BCUT2D eigenvalue weighted by Gasteiger charge is 2.76. The summed E-state index contributed by atoms with van der Waals surface area (Å²) in [5, 5.41) is 9.65. The molecule has 6 atom stereocenters. The van der Waals surface area contributed by atoms with Crippen molar-refractivity contribution in [2.75, 3.05) is 26.3 Å². The van der Waals surface area contributed by atoms with Crippen LogP contribution in [0.4, 0.5) is 0 Å². The van der Waals surface area contributed by atoms with Gasteiger partial charge in [0.2, 0.25) is 11.8 Å². The molecular weight excluding hydrogens is 428 g/mol. The van der Waals surface area contributed by atoms with Crippen LogP contribution in [-0.2, 0) is 19.1 Å². The van der Waals surface area contributed by atoms with Crippen molar-refractivity contribution in [1.29, 1.82) is 0 Å². The molecule has 2 bridgehead atoms. The number of unbranched alkanes of at least 4 members (excludes halogenated alkanes) is 1. The molecule has 1 N–H and O–H groups in total. The zero-order valence-corrected chi connectivity index (χ0v) is 20.2.